The lowest BCUT2D eigenvalue weighted by Crippen LogP contribution is -2.40. The number of fused-ring (bicyclic) bond motifs is 1. The van der Waals surface area contributed by atoms with E-state index in [1.54, 1.807) is 18.2 Å². The molecule has 114 valence electrons. The van der Waals surface area contributed by atoms with Crippen molar-refractivity contribution in [2.75, 3.05) is 12.5 Å². The van der Waals surface area contributed by atoms with Gasteiger partial charge in [-0.15, -0.1) is 0 Å². The minimum Gasteiger partial charge on any atom is -0.480 e. The van der Waals surface area contributed by atoms with Gasteiger partial charge in [0.25, 0.3) is 0 Å². The first kappa shape index (κ1) is 14.2. The summed E-state index contributed by atoms with van der Waals surface area (Å²) in [5.74, 6) is -1.22. The van der Waals surface area contributed by atoms with Gasteiger partial charge in [0.1, 0.15) is 5.54 Å². The number of hydrogen-bond acceptors (Lipinski definition) is 6. The Labute approximate surface area is 121 Å². The van der Waals surface area contributed by atoms with Crippen LogP contribution in [0.25, 0.3) is 0 Å². The zero-order chi connectivity index (χ0) is 15.4. The van der Waals surface area contributed by atoms with Crippen LogP contribution in [-0.4, -0.2) is 42.8 Å². The van der Waals surface area contributed by atoms with E-state index >= 15 is 0 Å². The van der Waals surface area contributed by atoms with E-state index < -0.39 is 32.5 Å². The number of benzene rings is 1. The zero-order valence-corrected chi connectivity index (χ0v) is 12.1. The van der Waals surface area contributed by atoms with Gasteiger partial charge in [0.15, 0.2) is 21.3 Å². The summed E-state index contributed by atoms with van der Waals surface area (Å²) in [4.78, 5) is 11.4. The van der Waals surface area contributed by atoms with E-state index in [-0.39, 0.29) is 12.5 Å². The van der Waals surface area contributed by atoms with Crippen LogP contribution < -0.4 is 15.2 Å². The molecule has 0 unspecified atom stereocenters. The highest BCUT2D eigenvalue weighted by Crippen LogP contribution is 2.55. The van der Waals surface area contributed by atoms with E-state index in [0.717, 1.165) is 0 Å². The second-order valence-electron chi connectivity index (χ2n) is 5.20. The molecule has 8 heteroatoms. The topological polar surface area (TPSA) is 116 Å². The lowest BCUT2D eigenvalue weighted by molar-refractivity contribution is -0.139. The smallest absolute Gasteiger partial charge is 0.325 e. The molecular formula is C13H15NO6S. The molecule has 0 spiro atoms. The Morgan fingerprint density at radius 2 is 2.10 bits per heavy atom. The van der Waals surface area contributed by atoms with Crippen molar-refractivity contribution in [1.29, 1.82) is 0 Å². The molecule has 3 atom stereocenters. The van der Waals surface area contributed by atoms with Crippen molar-refractivity contribution >= 4 is 15.8 Å². The van der Waals surface area contributed by atoms with Crippen molar-refractivity contribution in [2.45, 2.75) is 23.6 Å². The quantitative estimate of drug-likeness (QED) is 0.809. The third kappa shape index (κ3) is 1.90. The van der Waals surface area contributed by atoms with E-state index in [1.165, 1.54) is 6.92 Å². The average molecular weight is 313 g/mol. The van der Waals surface area contributed by atoms with Gasteiger partial charge in [-0.05, 0) is 17.7 Å². The first-order chi connectivity index (χ1) is 9.82. The number of sulfone groups is 1. The molecule has 3 N–H and O–H groups in total. The predicted octanol–water partition coefficient (Wildman–Crippen LogP) is 0.0979. The van der Waals surface area contributed by atoms with Gasteiger partial charge in [-0.2, -0.15) is 0 Å². The van der Waals surface area contributed by atoms with Crippen LogP contribution in [0.5, 0.6) is 11.5 Å². The Hall–Kier alpha value is -1.80. The number of carboxylic acids is 1. The number of carboxylic acid groups (broad SMARTS) is 1. The molecule has 0 saturated heterocycles. The summed E-state index contributed by atoms with van der Waals surface area (Å²) in [6, 6.07) is 4.87. The highest BCUT2D eigenvalue weighted by atomic mass is 32.2. The molecule has 1 aromatic carbocycles. The highest BCUT2D eigenvalue weighted by molar-refractivity contribution is 7.92. The van der Waals surface area contributed by atoms with Gasteiger partial charge in [0.2, 0.25) is 6.79 Å². The van der Waals surface area contributed by atoms with Gasteiger partial charge in [-0.25, -0.2) is 8.42 Å². The molecule has 0 radical (unpaired) electrons. The average Bonchev–Trinajstić information content (AvgIpc) is 2.87. The fourth-order valence-electron chi connectivity index (χ4n) is 2.87. The Bertz CT molecular complexity index is 715. The number of nitrogens with two attached hydrogens (primary N) is 1. The largest absolute Gasteiger partial charge is 0.480 e. The lowest BCUT2D eigenvalue weighted by Gasteiger charge is -2.05. The number of aliphatic carboxylic acids is 1. The molecule has 1 aliphatic heterocycles. The third-order valence-electron chi connectivity index (χ3n) is 4.09. The number of hydrogen-bond donors (Lipinski definition) is 2. The van der Waals surface area contributed by atoms with Crippen LogP contribution in [0.4, 0.5) is 0 Å². The molecule has 1 aromatic rings. The third-order valence-corrected chi connectivity index (χ3v) is 6.34. The summed E-state index contributed by atoms with van der Waals surface area (Å²) < 4.78 is 34.6. The first-order valence-electron chi connectivity index (χ1n) is 6.45. The second kappa shape index (κ2) is 4.35. The van der Waals surface area contributed by atoms with Crippen LogP contribution in [-0.2, 0) is 14.6 Å². The number of rotatable bonds is 4. The monoisotopic (exact) mass is 313 g/mol. The Morgan fingerprint density at radius 3 is 2.71 bits per heavy atom. The molecule has 1 fully saturated rings. The van der Waals surface area contributed by atoms with Crippen LogP contribution in [0.3, 0.4) is 0 Å². The SMILES string of the molecule is CCS(=O)(=O)[C@@H]1[C@H](c2ccc3c(c2)OCO3)[C@@]1(N)C(=O)O. The van der Waals surface area contributed by atoms with Gasteiger partial charge in [0, 0.05) is 11.7 Å². The van der Waals surface area contributed by atoms with Gasteiger partial charge in [-0.3, -0.25) is 4.79 Å². The fraction of sp³-hybridized carbons (Fsp3) is 0.462. The molecule has 1 aliphatic carbocycles. The lowest BCUT2D eigenvalue weighted by atomic mass is 10.1. The Morgan fingerprint density at radius 1 is 1.43 bits per heavy atom. The zero-order valence-electron chi connectivity index (χ0n) is 11.3. The van der Waals surface area contributed by atoms with Crippen molar-refractivity contribution in [3.05, 3.63) is 23.8 Å². The van der Waals surface area contributed by atoms with Crippen LogP contribution in [0.1, 0.15) is 18.4 Å². The molecule has 1 saturated carbocycles. The van der Waals surface area contributed by atoms with E-state index in [4.69, 9.17) is 15.2 Å². The fourth-order valence-corrected chi connectivity index (χ4v) is 4.79. The molecule has 2 aliphatic rings. The number of ether oxygens (including phenoxy) is 2. The summed E-state index contributed by atoms with van der Waals surface area (Å²) in [6.07, 6.45) is 0. The van der Waals surface area contributed by atoms with Crippen LogP contribution in [0.2, 0.25) is 0 Å². The van der Waals surface area contributed by atoms with Crippen molar-refractivity contribution in [3.8, 4) is 11.5 Å². The van der Waals surface area contributed by atoms with Crippen LogP contribution >= 0.6 is 0 Å². The molecule has 1 heterocycles. The van der Waals surface area contributed by atoms with Crippen LogP contribution in [0, 0.1) is 0 Å². The summed E-state index contributed by atoms with van der Waals surface area (Å²) in [5, 5.41) is 8.20. The normalized spacial score (nSPS) is 30.2. The van der Waals surface area contributed by atoms with E-state index in [0.29, 0.717) is 17.1 Å². The molecular weight excluding hydrogens is 298 g/mol. The van der Waals surface area contributed by atoms with Gasteiger partial charge in [-0.1, -0.05) is 13.0 Å². The highest BCUT2D eigenvalue weighted by Gasteiger charge is 2.73. The van der Waals surface area contributed by atoms with Gasteiger partial charge >= 0.3 is 5.97 Å². The summed E-state index contributed by atoms with van der Waals surface area (Å²) in [5.41, 5.74) is 4.61. The van der Waals surface area contributed by atoms with Crippen molar-refractivity contribution in [2.24, 2.45) is 5.73 Å². The minimum atomic E-state index is -3.57. The summed E-state index contributed by atoms with van der Waals surface area (Å²) in [7, 11) is -3.57. The molecule has 7 nitrogen and oxygen atoms in total. The van der Waals surface area contributed by atoms with Crippen molar-refractivity contribution in [1.82, 2.24) is 0 Å². The molecule has 0 amide bonds. The summed E-state index contributed by atoms with van der Waals surface area (Å²) in [6.45, 7) is 1.57. The maximum atomic E-state index is 12.1. The number of carbonyl (C=O) groups is 1. The van der Waals surface area contributed by atoms with Crippen molar-refractivity contribution < 1.29 is 27.8 Å². The van der Waals surface area contributed by atoms with Gasteiger partial charge in [0.05, 0.1) is 5.25 Å². The van der Waals surface area contributed by atoms with E-state index in [2.05, 4.69) is 0 Å². The second-order valence-corrected chi connectivity index (χ2v) is 7.61. The standard InChI is InChI=1S/C13H15NO6S/c1-2-21(17,18)11-10(13(11,14)12(15)16)7-3-4-8-9(5-7)20-6-19-8/h3-5,10-11H,2,6,14H2,1H3,(H,15,16)/t10-,11+,13-/m0/s1. The van der Waals surface area contributed by atoms with Gasteiger partial charge < -0.3 is 20.3 Å². The maximum absolute atomic E-state index is 12.1. The minimum absolute atomic E-state index is 0.0901. The molecule has 3 rings (SSSR count). The van der Waals surface area contributed by atoms with E-state index in [9.17, 15) is 18.3 Å². The predicted molar refractivity (Wildman–Crippen MR) is 73.1 cm³/mol. The Kier molecular flexibility index (Phi) is 2.93. The van der Waals surface area contributed by atoms with Crippen molar-refractivity contribution in [3.63, 3.8) is 0 Å². The molecule has 21 heavy (non-hydrogen) atoms. The molecule has 0 aromatic heterocycles. The Balaban J connectivity index is 2.03. The molecule has 0 bridgehead atoms. The first-order valence-corrected chi connectivity index (χ1v) is 8.17. The summed E-state index contributed by atoms with van der Waals surface area (Å²) >= 11 is 0. The van der Waals surface area contributed by atoms with Crippen LogP contribution in [0.15, 0.2) is 18.2 Å². The maximum Gasteiger partial charge on any atom is 0.325 e. The van der Waals surface area contributed by atoms with E-state index in [1.807, 2.05) is 0 Å².